The third-order valence-electron chi connectivity index (χ3n) is 6.29. The van der Waals surface area contributed by atoms with Crippen molar-refractivity contribution in [2.45, 2.75) is 79.4 Å². The van der Waals surface area contributed by atoms with Crippen LogP contribution in [0.2, 0.25) is 0 Å². The molecule has 1 rings (SSSR count). The minimum atomic E-state index is -4.19. The maximum atomic E-state index is 13.3. The number of nitrogens with one attached hydrogen (secondary N) is 1. The number of carbonyl (C=O) groups excluding carboxylic acids is 3. The summed E-state index contributed by atoms with van der Waals surface area (Å²) in [5.41, 5.74) is 0. The number of ether oxygens (including phenoxy) is 1. The van der Waals surface area contributed by atoms with Gasteiger partial charge in [0.25, 0.3) is 0 Å². The summed E-state index contributed by atoms with van der Waals surface area (Å²) in [6, 6.07) is -0.843. The molecular formula is C30H68N5O8P+2. The topological polar surface area (TPSA) is 135 Å². The average Bonchev–Trinajstić information content (AvgIpc) is 2.98. The fourth-order valence-electron chi connectivity index (χ4n) is 4.02. The van der Waals surface area contributed by atoms with Crippen molar-refractivity contribution in [3.63, 3.8) is 0 Å². The van der Waals surface area contributed by atoms with Gasteiger partial charge in [0.2, 0.25) is 17.7 Å². The molecule has 2 N–H and O–H groups in total. The first-order chi connectivity index (χ1) is 20.5. The van der Waals surface area contributed by atoms with E-state index in [1.165, 1.54) is 7.11 Å². The van der Waals surface area contributed by atoms with Crippen molar-refractivity contribution in [1.82, 2.24) is 15.1 Å². The maximum Gasteiger partial charge on any atom is 0.472 e. The maximum absolute atomic E-state index is 13.3. The van der Waals surface area contributed by atoms with Gasteiger partial charge in [-0.05, 0) is 0 Å². The Balaban J connectivity index is -0.00000263. The molecule has 0 radical (unpaired) electrons. The molecule has 0 aromatic rings. The van der Waals surface area contributed by atoms with Crippen LogP contribution >= 0.6 is 7.82 Å². The first-order valence-corrected chi connectivity index (χ1v) is 17.5. The number of phosphoric acid groups is 1. The Hall–Kier alpha value is -1.60. The van der Waals surface area contributed by atoms with Crippen molar-refractivity contribution >= 4 is 25.5 Å². The van der Waals surface area contributed by atoms with Gasteiger partial charge < -0.3 is 33.7 Å². The molecule has 0 spiro atoms. The number of piperazine rings is 1. The van der Waals surface area contributed by atoms with Crippen LogP contribution in [0.1, 0.15) is 67.2 Å². The molecule has 1 aliphatic rings. The fraction of sp³-hybridized carbons (Fsp3) is 0.900. The van der Waals surface area contributed by atoms with E-state index in [1.807, 2.05) is 41.5 Å². The third kappa shape index (κ3) is 22.0. The van der Waals surface area contributed by atoms with Gasteiger partial charge in [-0.1, -0.05) is 41.5 Å². The first-order valence-electron chi connectivity index (χ1n) is 16.0. The summed E-state index contributed by atoms with van der Waals surface area (Å²) in [4.78, 5) is 52.0. The molecule has 1 heterocycles. The monoisotopic (exact) mass is 657 g/mol. The molecule has 0 bridgehead atoms. The van der Waals surface area contributed by atoms with E-state index in [9.17, 15) is 23.8 Å². The summed E-state index contributed by atoms with van der Waals surface area (Å²) in [6.07, 6.45) is 1.39. The normalized spacial score (nSPS) is 16.9. The van der Waals surface area contributed by atoms with Gasteiger partial charge in [0.1, 0.15) is 6.04 Å². The second-order valence-electron chi connectivity index (χ2n) is 11.7. The van der Waals surface area contributed by atoms with E-state index in [4.69, 9.17) is 9.26 Å². The Bertz CT molecular complexity index is 833. The van der Waals surface area contributed by atoms with E-state index in [-0.39, 0.29) is 38.1 Å². The van der Waals surface area contributed by atoms with Crippen LogP contribution in [0.25, 0.3) is 0 Å². The number of nitrogens with zero attached hydrogens (tertiary/aromatic N) is 4. The lowest BCUT2D eigenvalue weighted by atomic mass is 10.1. The van der Waals surface area contributed by atoms with Crippen LogP contribution in [0.15, 0.2) is 0 Å². The lowest BCUT2D eigenvalue weighted by Crippen LogP contribution is -2.62. The summed E-state index contributed by atoms with van der Waals surface area (Å²) in [7, 11) is 10.6. The highest BCUT2D eigenvalue weighted by molar-refractivity contribution is 7.47. The van der Waals surface area contributed by atoms with Crippen molar-refractivity contribution in [1.29, 1.82) is 0 Å². The molecule has 0 saturated carbocycles. The van der Waals surface area contributed by atoms with Gasteiger partial charge >= 0.3 is 7.82 Å². The third-order valence-corrected chi connectivity index (χ3v) is 7.22. The SMILES string of the molecule is CC.CC.CC.COC(CNC(=O)C1CN(C(=O)CCC[N+](C)(C)C)CCN1C(=O)CCC[N+](C)(C)C)COP(=O)(O)OC. The Morgan fingerprint density at radius 2 is 1.34 bits per heavy atom. The van der Waals surface area contributed by atoms with Gasteiger partial charge in [-0.3, -0.25) is 23.4 Å². The second-order valence-corrected chi connectivity index (χ2v) is 13.3. The van der Waals surface area contributed by atoms with Crippen LogP contribution < -0.4 is 5.32 Å². The van der Waals surface area contributed by atoms with Crippen LogP contribution in [-0.4, -0.2) is 156 Å². The second kappa shape index (κ2) is 24.6. The molecule has 14 heteroatoms. The van der Waals surface area contributed by atoms with Gasteiger partial charge in [-0.25, -0.2) is 4.57 Å². The molecule has 3 unspecified atom stereocenters. The molecule has 1 saturated heterocycles. The van der Waals surface area contributed by atoms with Gasteiger partial charge in [-0.2, -0.15) is 0 Å². The van der Waals surface area contributed by atoms with Crippen LogP contribution in [0, 0.1) is 0 Å². The van der Waals surface area contributed by atoms with E-state index >= 15 is 0 Å². The van der Waals surface area contributed by atoms with Crippen LogP contribution in [0.4, 0.5) is 0 Å². The summed E-state index contributed by atoms with van der Waals surface area (Å²) in [5.74, 6) is -0.576. The summed E-state index contributed by atoms with van der Waals surface area (Å²) < 4.78 is 27.5. The molecule has 0 aromatic heterocycles. The molecule has 3 amide bonds. The minimum Gasteiger partial charge on any atom is -0.377 e. The van der Waals surface area contributed by atoms with Gasteiger partial charge in [0, 0.05) is 59.5 Å². The Kier molecular flexibility index (Phi) is 26.2. The van der Waals surface area contributed by atoms with Crippen molar-refractivity contribution in [3.05, 3.63) is 0 Å². The van der Waals surface area contributed by atoms with Crippen LogP contribution in [0.5, 0.6) is 0 Å². The molecule has 264 valence electrons. The van der Waals surface area contributed by atoms with Crippen LogP contribution in [0.3, 0.4) is 0 Å². The molecule has 3 atom stereocenters. The molecule has 0 aliphatic carbocycles. The summed E-state index contributed by atoms with van der Waals surface area (Å²) in [6.45, 7) is 14.1. The smallest absolute Gasteiger partial charge is 0.377 e. The lowest BCUT2D eigenvalue weighted by Gasteiger charge is -2.41. The van der Waals surface area contributed by atoms with E-state index in [0.717, 1.165) is 35.6 Å². The highest BCUT2D eigenvalue weighted by Crippen LogP contribution is 2.41. The molecular weight excluding hydrogens is 589 g/mol. The van der Waals surface area contributed by atoms with E-state index in [0.29, 0.717) is 25.8 Å². The average molecular weight is 658 g/mol. The van der Waals surface area contributed by atoms with Crippen molar-refractivity contribution in [3.8, 4) is 0 Å². The predicted octanol–water partition coefficient (Wildman–Crippen LogP) is 2.97. The molecule has 0 aromatic carbocycles. The van der Waals surface area contributed by atoms with Gasteiger partial charge in [0.05, 0.1) is 74.6 Å². The van der Waals surface area contributed by atoms with Crippen molar-refractivity contribution in [2.24, 2.45) is 0 Å². The minimum absolute atomic E-state index is 0.0173. The fourth-order valence-corrected chi connectivity index (χ4v) is 4.48. The van der Waals surface area contributed by atoms with Crippen molar-refractivity contribution in [2.75, 3.05) is 102 Å². The summed E-state index contributed by atoms with van der Waals surface area (Å²) >= 11 is 0. The molecule has 13 nitrogen and oxygen atoms in total. The highest BCUT2D eigenvalue weighted by Gasteiger charge is 2.37. The van der Waals surface area contributed by atoms with E-state index in [2.05, 4.69) is 52.1 Å². The number of hydrogen-bond acceptors (Lipinski definition) is 7. The highest BCUT2D eigenvalue weighted by atomic mass is 31.2. The Labute approximate surface area is 269 Å². The predicted molar refractivity (Wildman–Crippen MR) is 177 cm³/mol. The number of hydrogen-bond donors (Lipinski definition) is 2. The zero-order valence-corrected chi connectivity index (χ0v) is 31.4. The molecule has 44 heavy (non-hydrogen) atoms. The number of methoxy groups -OCH3 is 1. The Morgan fingerprint density at radius 1 is 0.864 bits per heavy atom. The lowest BCUT2D eigenvalue weighted by molar-refractivity contribution is -0.870. The summed E-state index contributed by atoms with van der Waals surface area (Å²) in [5, 5.41) is 2.75. The molecule has 1 aliphatic heterocycles. The number of phosphoric ester groups is 1. The van der Waals surface area contributed by atoms with Gasteiger partial charge in [0.15, 0.2) is 0 Å². The quantitative estimate of drug-likeness (QED) is 0.191. The number of quaternary nitrogens is 2. The first kappa shape index (κ1) is 46.8. The van der Waals surface area contributed by atoms with Crippen LogP contribution in [-0.2, 0) is 32.7 Å². The van der Waals surface area contributed by atoms with Gasteiger partial charge in [-0.15, -0.1) is 0 Å². The molecule has 1 fully saturated rings. The zero-order valence-electron chi connectivity index (χ0n) is 30.5. The zero-order chi connectivity index (χ0) is 35.1. The van der Waals surface area contributed by atoms with E-state index in [1.54, 1.807) is 9.80 Å². The Morgan fingerprint density at radius 3 is 1.77 bits per heavy atom. The number of carbonyl (C=O) groups is 3. The largest absolute Gasteiger partial charge is 0.472 e. The number of rotatable bonds is 16. The number of amides is 3. The van der Waals surface area contributed by atoms with Crippen molar-refractivity contribution < 1.29 is 46.6 Å². The standard InChI is InChI=1S/C24H48N5O8P.3C2H6/c1-28(2,3)15-9-11-22(30)26-13-14-27(23(31)12-10-16-29(4,5)6)21(18-26)24(32)25-17-20(35-7)19-37-38(33,34)36-8;3*1-2/h20-21H,9-19H2,1-8H3;3*1-2H3/p+2. The van der Waals surface area contributed by atoms with E-state index < -0.39 is 25.9 Å².